The van der Waals surface area contributed by atoms with Crippen molar-refractivity contribution < 1.29 is 9.53 Å². The molecule has 1 fully saturated rings. The molecule has 2 N–H and O–H groups in total. The molecule has 0 aromatic heterocycles. The summed E-state index contributed by atoms with van der Waals surface area (Å²) in [6.45, 7) is 7.84. The van der Waals surface area contributed by atoms with E-state index in [1.165, 1.54) is 0 Å². The number of hydrogen-bond acceptors (Lipinski definition) is 5. The van der Waals surface area contributed by atoms with E-state index in [9.17, 15) is 4.79 Å². The number of likely N-dealkylation sites (N-methyl/N-ethyl adjacent to an activating group) is 1. The largest absolute Gasteiger partial charge is 0.465 e. The van der Waals surface area contributed by atoms with Crippen molar-refractivity contribution in [1.29, 1.82) is 0 Å². The Balaban J connectivity index is 2.69. The summed E-state index contributed by atoms with van der Waals surface area (Å²) in [7, 11) is 4.06. The van der Waals surface area contributed by atoms with Crippen molar-refractivity contribution in [3.8, 4) is 0 Å². The van der Waals surface area contributed by atoms with Crippen LogP contribution in [0.4, 0.5) is 0 Å². The van der Waals surface area contributed by atoms with E-state index in [4.69, 9.17) is 4.74 Å². The van der Waals surface area contributed by atoms with Gasteiger partial charge in [-0.3, -0.25) is 4.79 Å². The highest BCUT2D eigenvalue weighted by atomic mass is 16.5. The number of nitrogens with zero attached hydrogens (tertiary/aromatic N) is 1. The molecule has 1 rings (SSSR count). The van der Waals surface area contributed by atoms with Crippen molar-refractivity contribution in [2.45, 2.75) is 25.8 Å². The van der Waals surface area contributed by atoms with Crippen LogP contribution in [0.15, 0.2) is 0 Å². The summed E-state index contributed by atoms with van der Waals surface area (Å²) in [6.07, 6.45) is 0.792. The Morgan fingerprint density at radius 2 is 2.28 bits per heavy atom. The molecule has 0 spiro atoms. The van der Waals surface area contributed by atoms with Gasteiger partial charge in [0, 0.05) is 19.6 Å². The summed E-state index contributed by atoms with van der Waals surface area (Å²) in [6, 6.07) is 0. The van der Waals surface area contributed by atoms with Crippen LogP contribution < -0.4 is 10.6 Å². The number of esters is 1. The molecule has 1 aliphatic heterocycles. The summed E-state index contributed by atoms with van der Waals surface area (Å²) in [5.41, 5.74) is -0.517. The van der Waals surface area contributed by atoms with E-state index in [1.54, 1.807) is 0 Å². The van der Waals surface area contributed by atoms with Gasteiger partial charge < -0.3 is 20.3 Å². The molecule has 106 valence electrons. The maximum Gasteiger partial charge on any atom is 0.326 e. The molecule has 2 unspecified atom stereocenters. The van der Waals surface area contributed by atoms with E-state index in [1.807, 2.05) is 21.0 Å². The smallest absolute Gasteiger partial charge is 0.326 e. The van der Waals surface area contributed by atoms with E-state index in [0.717, 1.165) is 32.6 Å². The fraction of sp³-hybridized carbons (Fsp3) is 0.923. The maximum absolute atomic E-state index is 12.3. The van der Waals surface area contributed by atoms with Gasteiger partial charge >= 0.3 is 5.97 Å². The molecular formula is C13H27N3O2. The third kappa shape index (κ3) is 3.67. The molecule has 1 heterocycles. The minimum Gasteiger partial charge on any atom is -0.465 e. The van der Waals surface area contributed by atoms with Gasteiger partial charge in [-0.2, -0.15) is 0 Å². The second-order valence-electron chi connectivity index (χ2n) is 5.28. The van der Waals surface area contributed by atoms with E-state index in [2.05, 4.69) is 22.5 Å². The van der Waals surface area contributed by atoms with Gasteiger partial charge in [0.25, 0.3) is 0 Å². The van der Waals surface area contributed by atoms with Crippen LogP contribution in [0.25, 0.3) is 0 Å². The summed E-state index contributed by atoms with van der Waals surface area (Å²) < 4.78 is 5.27. The van der Waals surface area contributed by atoms with Gasteiger partial charge in [0.05, 0.1) is 6.61 Å². The van der Waals surface area contributed by atoms with Crippen molar-refractivity contribution in [3.05, 3.63) is 0 Å². The Morgan fingerprint density at radius 1 is 1.56 bits per heavy atom. The van der Waals surface area contributed by atoms with Gasteiger partial charge in [-0.1, -0.05) is 6.92 Å². The molecule has 2 atom stereocenters. The summed E-state index contributed by atoms with van der Waals surface area (Å²) in [5.74, 6) is 0.144. The van der Waals surface area contributed by atoms with Crippen LogP contribution in [0.2, 0.25) is 0 Å². The van der Waals surface area contributed by atoms with Crippen molar-refractivity contribution in [2.24, 2.45) is 5.92 Å². The highest BCUT2D eigenvalue weighted by molar-refractivity contribution is 5.81. The Bertz CT molecular complexity index is 271. The number of carbonyl (C=O) groups excluding carboxylic acids is 1. The van der Waals surface area contributed by atoms with Crippen molar-refractivity contribution in [3.63, 3.8) is 0 Å². The molecule has 5 nitrogen and oxygen atoms in total. The van der Waals surface area contributed by atoms with Crippen molar-refractivity contribution >= 4 is 5.97 Å². The predicted octanol–water partition coefficient (Wildman–Crippen LogP) is 0.0689. The second kappa shape index (κ2) is 7.07. The lowest BCUT2D eigenvalue weighted by molar-refractivity contribution is -0.155. The average molecular weight is 257 g/mol. The van der Waals surface area contributed by atoms with E-state index < -0.39 is 5.54 Å². The third-order valence-electron chi connectivity index (χ3n) is 3.63. The molecule has 0 aromatic carbocycles. The fourth-order valence-electron chi connectivity index (χ4n) is 2.43. The van der Waals surface area contributed by atoms with Crippen LogP contribution in [0, 0.1) is 5.92 Å². The van der Waals surface area contributed by atoms with Crippen LogP contribution in [0.1, 0.15) is 20.3 Å². The first-order chi connectivity index (χ1) is 8.53. The summed E-state index contributed by atoms with van der Waals surface area (Å²) in [4.78, 5) is 14.4. The lowest BCUT2D eigenvalue weighted by Crippen LogP contribution is -2.64. The first-order valence-corrected chi connectivity index (χ1v) is 6.80. The van der Waals surface area contributed by atoms with E-state index in [-0.39, 0.29) is 11.9 Å². The van der Waals surface area contributed by atoms with Crippen LogP contribution >= 0.6 is 0 Å². The number of ether oxygens (including phenoxy) is 1. The van der Waals surface area contributed by atoms with E-state index in [0.29, 0.717) is 6.61 Å². The van der Waals surface area contributed by atoms with Crippen LogP contribution in [0.5, 0.6) is 0 Å². The summed E-state index contributed by atoms with van der Waals surface area (Å²) >= 11 is 0. The number of piperidine rings is 1. The van der Waals surface area contributed by atoms with Crippen molar-refractivity contribution in [1.82, 2.24) is 15.5 Å². The topological polar surface area (TPSA) is 53.6 Å². The monoisotopic (exact) mass is 257 g/mol. The lowest BCUT2D eigenvalue weighted by Gasteiger charge is -2.41. The van der Waals surface area contributed by atoms with Gasteiger partial charge in [-0.15, -0.1) is 0 Å². The SMILES string of the molecule is CCOC(=O)C1(NCCN(C)C)CCNCC1C. The zero-order valence-electron chi connectivity index (χ0n) is 12.1. The fourth-order valence-corrected chi connectivity index (χ4v) is 2.43. The third-order valence-corrected chi connectivity index (χ3v) is 3.63. The molecule has 0 radical (unpaired) electrons. The van der Waals surface area contributed by atoms with Gasteiger partial charge in [-0.25, -0.2) is 0 Å². The Kier molecular flexibility index (Phi) is 6.05. The summed E-state index contributed by atoms with van der Waals surface area (Å²) in [5, 5.41) is 6.77. The van der Waals surface area contributed by atoms with Gasteiger partial charge in [-0.05, 0) is 39.9 Å². The molecule has 0 saturated carbocycles. The minimum absolute atomic E-state index is 0.0993. The highest BCUT2D eigenvalue weighted by Crippen LogP contribution is 2.25. The number of nitrogens with one attached hydrogen (secondary N) is 2. The molecular weight excluding hydrogens is 230 g/mol. The number of carbonyl (C=O) groups is 1. The zero-order valence-corrected chi connectivity index (χ0v) is 12.1. The molecule has 0 aromatic rings. The standard InChI is InChI=1S/C13H27N3O2/c1-5-18-12(17)13(15-8-9-16(3)4)6-7-14-10-11(13)2/h11,14-15H,5-10H2,1-4H3. The quantitative estimate of drug-likeness (QED) is 0.660. The molecule has 0 aliphatic carbocycles. The van der Waals surface area contributed by atoms with Crippen LogP contribution in [0.3, 0.4) is 0 Å². The predicted molar refractivity (Wildman–Crippen MR) is 72.6 cm³/mol. The maximum atomic E-state index is 12.3. The van der Waals surface area contributed by atoms with Gasteiger partial charge in [0.2, 0.25) is 0 Å². The van der Waals surface area contributed by atoms with Crippen molar-refractivity contribution in [2.75, 3.05) is 46.9 Å². The molecule has 1 saturated heterocycles. The zero-order chi connectivity index (χ0) is 13.6. The Labute approximate surface area is 110 Å². The van der Waals surface area contributed by atoms with Gasteiger partial charge in [0.1, 0.15) is 5.54 Å². The highest BCUT2D eigenvalue weighted by Gasteiger charge is 2.45. The Hall–Kier alpha value is -0.650. The molecule has 0 amide bonds. The lowest BCUT2D eigenvalue weighted by atomic mass is 9.79. The Morgan fingerprint density at radius 3 is 2.83 bits per heavy atom. The average Bonchev–Trinajstić information content (AvgIpc) is 2.31. The second-order valence-corrected chi connectivity index (χ2v) is 5.28. The minimum atomic E-state index is -0.517. The van der Waals surface area contributed by atoms with Crippen LogP contribution in [-0.4, -0.2) is 63.3 Å². The number of rotatable bonds is 6. The molecule has 1 aliphatic rings. The first-order valence-electron chi connectivity index (χ1n) is 6.80. The van der Waals surface area contributed by atoms with Crippen LogP contribution in [-0.2, 0) is 9.53 Å². The first kappa shape index (κ1) is 15.4. The number of hydrogen-bond donors (Lipinski definition) is 2. The van der Waals surface area contributed by atoms with E-state index >= 15 is 0 Å². The normalized spacial score (nSPS) is 28.4. The molecule has 5 heteroatoms. The molecule has 18 heavy (non-hydrogen) atoms. The van der Waals surface area contributed by atoms with Gasteiger partial charge in [0.15, 0.2) is 0 Å². The molecule has 0 bridgehead atoms.